The normalized spacial score (nSPS) is 11.1. The summed E-state index contributed by atoms with van der Waals surface area (Å²) >= 11 is 1.53. The van der Waals surface area contributed by atoms with Gasteiger partial charge in [0.05, 0.1) is 18.0 Å². The second-order valence-corrected chi connectivity index (χ2v) is 7.00. The van der Waals surface area contributed by atoms with Crippen LogP contribution >= 0.6 is 11.3 Å². The minimum Gasteiger partial charge on any atom is -0.419 e. The molecule has 6 nitrogen and oxygen atoms in total. The first-order valence-corrected chi connectivity index (χ1v) is 9.62. The first kappa shape index (κ1) is 19.2. The van der Waals surface area contributed by atoms with E-state index in [1.54, 1.807) is 18.2 Å². The Morgan fingerprint density at radius 3 is 2.85 bits per heavy atom. The molecule has 3 rings (SSSR count). The standard InChI is InChI=1S/C19H21FN4O2S/c1-2-9-24(12-17(25)21-11-14-6-3-4-7-15(14)20)13-18-22-23-19(26-18)16-8-5-10-27-16/h3-8,10H,2,9,11-13H2,1H3,(H,21,25). The summed E-state index contributed by atoms with van der Waals surface area (Å²) in [5.74, 6) is 0.453. The van der Waals surface area contributed by atoms with Crippen LogP contribution in [0.3, 0.4) is 0 Å². The molecule has 1 N–H and O–H groups in total. The Balaban J connectivity index is 1.55. The van der Waals surface area contributed by atoms with Crippen LogP contribution < -0.4 is 5.32 Å². The maximum atomic E-state index is 13.6. The lowest BCUT2D eigenvalue weighted by molar-refractivity contribution is -0.122. The van der Waals surface area contributed by atoms with Crippen LogP contribution in [0, 0.1) is 5.82 Å². The number of carbonyl (C=O) groups is 1. The molecule has 0 spiro atoms. The van der Waals surface area contributed by atoms with Crippen molar-refractivity contribution in [2.75, 3.05) is 13.1 Å². The predicted molar refractivity (Wildman–Crippen MR) is 101 cm³/mol. The number of benzene rings is 1. The molecule has 0 bridgehead atoms. The van der Waals surface area contributed by atoms with E-state index < -0.39 is 0 Å². The first-order chi connectivity index (χ1) is 13.2. The number of carbonyl (C=O) groups excluding carboxylic acids is 1. The van der Waals surface area contributed by atoms with Crippen molar-refractivity contribution in [1.29, 1.82) is 0 Å². The average molecular weight is 388 g/mol. The molecule has 27 heavy (non-hydrogen) atoms. The van der Waals surface area contributed by atoms with Crippen LogP contribution in [-0.4, -0.2) is 34.1 Å². The third kappa shape index (κ3) is 5.45. The summed E-state index contributed by atoms with van der Waals surface area (Å²) < 4.78 is 19.3. The fraction of sp³-hybridized carbons (Fsp3) is 0.316. The fourth-order valence-electron chi connectivity index (χ4n) is 2.63. The van der Waals surface area contributed by atoms with Gasteiger partial charge in [0, 0.05) is 12.1 Å². The van der Waals surface area contributed by atoms with Gasteiger partial charge in [-0.25, -0.2) is 4.39 Å². The number of hydrogen-bond acceptors (Lipinski definition) is 6. The Morgan fingerprint density at radius 2 is 2.11 bits per heavy atom. The molecule has 0 aliphatic carbocycles. The number of halogens is 1. The van der Waals surface area contributed by atoms with Gasteiger partial charge in [0.15, 0.2) is 0 Å². The van der Waals surface area contributed by atoms with E-state index in [0.717, 1.165) is 11.3 Å². The third-order valence-corrected chi connectivity index (χ3v) is 4.76. The van der Waals surface area contributed by atoms with Crippen molar-refractivity contribution < 1.29 is 13.6 Å². The lowest BCUT2D eigenvalue weighted by Gasteiger charge is -2.19. The van der Waals surface area contributed by atoms with E-state index in [0.29, 0.717) is 30.4 Å². The molecule has 2 aromatic heterocycles. The van der Waals surface area contributed by atoms with Gasteiger partial charge in [-0.1, -0.05) is 31.2 Å². The summed E-state index contributed by atoms with van der Waals surface area (Å²) in [5, 5.41) is 12.8. The Hall–Kier alpha value is -2.58. The molecule has 0 fully saturated rings. The smallest absolute Gasteiger partial charge is 0.257 e. The number of aromatic nitrogens is 2. The van der Waals surface area contributed by atoms with E-state index >= 15 is 0 Å². The van der Waals surface area contributed by atoms with E-state index in [1.165, 1.54) is 17.4 Å². The molecular formula is C19H21FN4O2S. The molecule has 0 atom stereocenters. The summed E-state index contributed by atoms with van der Waals surface area (Å²) in [5.41, 5.74) is 0.463. The van der Waals surface area contributed by atoms with Crippen molar-refractivity contribution in [3.05, 3.63) is 59.0 Å². The Bertz CT molecular complexity index is 866. The molecule has 0 radical (unpaired) electrons. The van der Waals surface area contributed by atoms with Gasteiger partial charge in [-0.05, 0) is 30.5 Å². The molecular weight excluding hydrogens is 367 g/mol. The number of rotatable bonds is 9. The Morgan fingerprint density at radius 1 is 1.26 bits per heavy atom. The quantitative estimate of drug-likeness (QED) is 0.608. The summed E-state index contributed by atoms with van der Waals surface area (Å²) in [6.45, 7) is 3.48. The van der Waals surface area contributed by atoms with E-state index in [-0.39, 0.29) is 24.8 Å². The van der Waals surface area contributed by atoms with Gasteiger partial charge in [-0.2, -0.15) is 0 Å². The van der Waals surface area contributed by atoms with Crippen LogP contribution in [0.5, 0.6) is 0 Å². The number of thiophene rings is 1. The van der Waals surface area contributed by atoms with Crippen molar-refractivity contribution in [3.8, 4) is 10.8 Å². The lowest BCUT2D eigenvalue weighted by atomic mass is 10.2. The van der Waals surface area contributed by atoms with Gasteiger partial charge in [0.2, 0.25) is 11.8 Å². The first-order valence-electron chi connectivity index (χ1n) is 8.74. The maximum absolute atomic E-state index is 13.6. The third-order valence-electron chi connectivity index (χ3n) is 3.90. The SMILES string of the molecule is CCCN(CC(=O)NCc1ccccc1F)Cc1nnc(-c2cccs2)o1. The highest BCUT2D eigenvalue weighted by Gasteiger charge is 2.16. The van der Waals surface area contributed by atoms with Crippen molar-refractivity contribution >= 4 is 17.2 Å². The van der Waals surface area contributed by atoms with Gasteiger partial charge in [-0.15, -0.1) is 21.5 Å². The molecule has 0 saturated carbocycles. The predicted octanol–water partition coefficient (Wildman–Crippen LogP) is 3.47. The topological polar surface area (TPSA) is 71.3 Å². The van der Waals surface area contributed by atoms with Crippen LogP contribution in [0.25, 0.3) is 10.8 Å². The monoisotopic (exact) mass is 388 g/mol. The maximum Gasteiger partial charge on any atom is 0.257 e. The van der Waals surface area contributed by atoms with Gasteiger partial charge < -0.3 is 9.73 Å². The van der Waals surface area contributed by atoms with Crippen molar-refractivity contribution in [3.63, 3.8) is 0 Å². The van der Waals surface area contributed by atoms with E-state index in [1.807, 2.05) is 29.3 Å². The largest absolute Gasteiger partial charge is 0.419 e. The number of amides is 1. The summed E-state index contributed by atoms with van der Waals surface area (Å²) in [6, 6.07) is 10.2. The van der Waals surface area contributed by atoms with Gasteiger partial charge in [-0.3, -0.25) is 9.69 Å². The molecule has 1 aromatic carbocycles. The zero-order valence-electron chi connectivity index (χ0n) is 15.0. The highest BCUT2D eigenvalue weighted by Crippen LogP contribution is 2.23. The van der Waals surface area contributed by atoms with Crippen molar-refractivity contribution in [2.24, 2.45) is 0 Å². The molecule has 142 valence electrons. The molecule has 8 heteroatoms. The van der Waals surface area contributed by atoms with Crippen LogP contribution in [0.1, 0.15) is 24.8 Å². The van der Waals surface area contributed by atoms with Gasteiger partial charge in [0.1, 0.15) is 5.82 Å². The van der Waals surface area contributed by atoms with E-state index in [9.17, 15) is 9.18 Å². The Kier molecular flexibility index (Phi) is 6.67. The molecule has 0 aliphatic rings. The summed E-state index contributed by atoms with van der Waals surface area (Å²) in [6.07, 6.45) is 0.881. The highest BCUT2D eigenvalue weighted by molar-refractivity contribution is 7.13. The molecule has 1 amide bonds. The molecule has 0 aliphatic heterocycles. The number of nitrogens with zero attached hydrogens (tertiary/aromatic N) is 3. The molecule has 0 saturated heterocycles. The average Bonchev–Trinajstić information content (AvgIpc) is 3.33. The number of nitrogens with one attached hydrogen (secondary N) is 1. The number of hydrogen-bond donors (Lipinski definition) is 1. The van der Waals surface area contributed by atoms with Gasteiger partial charge >= 0.3 is 0 Å². The second-order valence-electron chi connectivity index (χ2n) is 6.06. The van der Waals surface area contributed by atoms with E-state index in [4.69, 9.17) is 4.42 Å². The van der Waals surface area contributed by atoms with Crippen LogP contribution in [-0.2, 0) is 17.9 Å². The van der Waals surface area contributed by atoms with Crippen LogP contribution in [0.4, 0.5) is 4.39 Å². The zero-order valence-corrected chi connectivity index (χ0v) is 15.8. The molecule has 3 aromatic rings. The molecule has 0 unspecified atom stereocenters. The highest BCUT2D eigenvalue weighted by atomic mass is 32.1. The fourth-order valence-corrected chi connectivity index (χ4v) is 3.28. The lowest BCUT2D eigenvalue weighted by Crippen LogP contribution is -2.37. The van der Waals surface area contributed by atoms with Crippen molar-refractivity contribution in [1.82, 2.24) is 20.4 Å². The minimum absolute atomic E-state index is 0.161. The van der Waals surface area contributed by atoms with Gasteiger partial charge in [0.25, 0.3) is 5.89 Å². The minimum atomic E-state index is -0.324. The Labute approximate surface area is 161 Å². The van der Waals surface area contributed by atoms with Crippen LogP contribution in [0.2, 0.25) is 0 Å². The zero-order chi connectivity index (χ0) is 19.1. The molecule has 2 heterocycles. The van der Waals surface area contributed by atoms with Crippen LogP contribution in [0.15, 0.2) is 46.2 Å². The summed E-state index contributed by atoms with van der Waals surface area (Å²) in [7, 11) is 0. The van der Waals surface area contributed by atoms with E-state index in [2.05, 4.69) is 15.5 Å². The van der Waals surface area contributed by atoms with Crippen molar-refractivity contribution in [2.45, 2.75) is 26.4 Å². The second kappa shape index (κ2) is 9.38. The summed E-state index contributed by atoms with van der Waals surface area (Å²) in [4.78, 5) is 15.1.